The molecule has 0 aliphatic heterocycles. The zero-order valence-electron chi connectivity index (χ0n) is 9.14. The maximum Gasteiger partial charge on any atom is 0.303 e. The average molecular weight is 227 g/mol. The Hall–Kier alpha value is -0.870. The number of carboxylic acids is 1. The molecule has 15 heavy (non-hydrogen) atoms. The number of carboxylic acid groups (broad SMARTS) is 1. The average Bonchev–Trinajstić information content (AvgIpc) is 2.68. The molecule has 1 atom stereocenters. The van der Waals surface area contributed by atoms with Crippen molar-refractivity contribution >= 4 is 17.3 Å². The molecule has 0 radical (unpaired) electrons. The number of aliphatic carboxylic acids is 1. The molecule has 0 aliphatic rings. The van der Waals surface area contributed by atoms with E-state index < -0.39 is 5.97 Å². The lowest BCUT2D eigenvalue weighted by Gasteiger charge is -2.23. The van der Waals surface area contributed by atoms with Crippen LogP contribution in [0.1, 0.15) is 30.7 Å². The second kappa shape index (κ2) is 5.88. The minimum Gasteiger partial charge on any atom is -0.481 e. The van der Waals surface area contributed by atoms with Crippen LogP contribution in [0.4, 0.5) is 0 Å². The molecule has 0 fully saturated rings. The molecule has 0 saturated carbocycles. The fourth-order valence-corrected chi connectivity index (χ4v) is 2.27. The van der Waals surface area contributed by atoms with E-state index in [9.17, 15) is 4.79 Å². The Morgan fingerprint density at radius 1 is 1.67 bits per heavy atom. The van der Waals surface area contributed by atoms with E-state index in [1.807, 2.05) is 13.1 Å². The van der Waals surface area contributed by atoms with Gasteiger partial charge in [-0.25, -0.2) is 0 Å². The highest BCUT2D eigenvalue weighted by atomic mass is 32.1. The standard InChI is InChI=1S/C11H17NO2S/c1-9(10-5-4-8-15-10)12(2)7-3-6-11(13)14/h4-5,8-9H,3,6-7H2,1-2H3,(H,13,14). The Balaban J connectivity index is 2.33. The number of nitrogens with zero attached hydrogens (tertiary/aromatic N) is 1. The molecule has 0 saturated heterocycles. The van der Waals surface area contributed by atoms with Crippen LogP contribution in [0.25, 0.3) is 0 Å². The van der Waals surface area contributed by atoms with Crippen molar-refractivity contribution in [2.75, 3.05) is 13.6 Å². The molecule has 4 heteroatoms. The number of hydrogen-bond donors (Lipinski definition) is 1. The Kier molecular flexibility index (Phi) is 4.78. The van der Waals surface area contributed by atoms with Crippen LogP contribution in [-0.2, 0) is 4.79 Å². The maximum atomic E-state index is 10.4. The monoisotopic (exact) mass is 227 g/mol. The Morgan fingerprint density at radius 2 is 2.40 bits per heavy atom. The van der Waals surface area contributed by atoms with Crippen LogP contribution in [0, 0.1) is 0 Å². The summed E-state index contributed by atoms with van der Waals surface area (Å²) in [5, 5.41) is 10.6. The number of rotatable bonds is 6. The fraction of sp³-hybridized carbons (Fsp3) is 0.545. The maximum absolute atomic E-state index is 10.4. The Labute approximate surface area is 94.3 Å². The molecular weight excluding hydrogens is 210 g/mol. The van der Waals surface area contributed by atoms with Crippen molar-refractivity contribution in [2.45, 2.75) is 25.8 Å². The van der Waals surface area contributed by atoms with Gasteiger partial charge in [-0.15, -0.1) is 11.3 Å². The topological polar surface area (TPSA) is 40.5 Å². The van der Waals surface area contributed by atoms with Crippen molar-refractivity contribution in [1.29, 1.82) is 0 Å². The first-order valence-corrected chi connectivity index (χ1v) is 5.94. The minimum absolute atomic E-state index is 0.251. The highest BCUT2D eigenvalue weighted by Crippen LogP contribution is 2.23. The van der Waals surface area contributed by atoms with Crippen LogP contribution >= 0.6 is 11.3 Å². The van der Waals surface area contributed by atoms with Gasteiger partial charge in [-0.2, -0.15) is 0 Å². The van der Waals surface area contributed by atoms with Crippen LogP contribution < -0.4 is 0 Å². The van der Waals surface area contributed by atoms with E-state index in [1.54, 1.807) is 11.3 Å². The third-order valence-corrected chi connectivity index (χ3v) is 3.56. The summed E-state index contributed by atoms with van der Waals surface area (Å²) >= 11 is 1.74. The van der Waals surface area contributed by atoms with E-state index in [1.165, 1.54) is 4.88 Å². The van der Waals surface area contributed by atoms with Gasteiger partial charge in [-0.1, -0.05) is 6.07 Å². The second-order valence-corrected chi connectivity index (χ2v) is 4.65. The van der Waals surface area contributed by atoms with Gasteiger partial charge in [0.25, 0.3) is 0 Å². The summed E-state index contributed by atoms with van der Waals surface area (Å²) in [4.78, 5) is 13.9. The number of thiophene rings is 1. The summed E-state index contributed by atoms with van der Waals surface area (Å²) in [5.74, 6) is -0.716. The second-order valence-electron chi connectivity index (χ2n) is 3.67. The molecule has 0 aromatic carbocycles. The predicted molar refractivity (Wildman–Crippen MR) is 62.2 cm³/mol. The third-order valence-electron chi connectivity index (χ3n) is 2.52. The lowest BCUT2D eigenvalue weighted by atomic mass is 10.2. The summed E-state index contributed by atoms with van der Waals surface area (Å²) in [6, 6.07) is 4.53. The molecule has 1 N–H and O–H groups in total. The first-order valence-electron chi connectivity index (χ1n) is 5.06. The van der Waals surface area contributed by atoms with Gasteiger partial charge in [0.05, 0.1) is 0 Å². The zero-order valence-corrected chi connectivity index (χ0v) is 9.96. The van der Waals surface area contributed by atoms with E-state index in [2.05, 4.69) is 23.3 Å². The Morgan fingerprint density at radius 3 is 2.93 bits per heavy atom. The van der Waals surface area contributed by atoms with Gasteiger partial charge in [0.1, 0.15) is 0 Å². The molecule has 1 rings (SSSR count). The van der Waals surface area contributed by atoms with E-state index in [-0.39, 0.29) is 6.42 Å². The predicted octanol–water partition coefficient (Wildman–Crippen LogP) is 2.61. The lowest BCUT2D eigenvalue weighted by molar-refractivity contribution is -0.137. The highest BCUT2D eigenvalue weighted by Gasteiger charge is 2.12. The number of carbonyl (C=O) groups is 1. The smallest absolute Gasteiger partial charge is 0.303 e. The first kappa shape index (κ1) is 12.2. The lowest BCUT2D eigenvalue weighted by Crippen LogP contribution is -2.23. The normalized spacial score (nSPS) is 13.0. The van der Waals surface area contributed by atoms with Crippen molar-refractivity contribution in [2.24, 2.45) is 0 Å². The van der Waals surface area contributed by atoms with E-state index in [0.717, 1.165) is 6.54 Å². The van der Waals surface area contributed by atoms with Crippen LogP contribution in [0.15, 0.2) is 17.5 Å². The summed E-state index contributed by atoms with van der Waals surface area (Å²) < 4.78 is 0. The van der Waals surface area contributed by atoms with Gasteiger partial charge < -0.3 is 5.11 Å². The van der Waals surface area contributed by atoms with Gasteiger partial charge in [-0.05, 0) is 38.4 Å². The van der Waals surface area contributed by atoms with Crippen LogP contribution in [0.3, 0.4) is 0 Å². The van der Waals surface area contributed by atoms with Crippen LogP contribution in [0.5, 0.6) is 0 Å². The van der Waals surface area contributed by atoms with Gasteiger partial charge >= 0.3 is 5.97 Å². The van der Waals surface area contributed by atoms with Crippen LogP contribution in [-0.4, -0.2) is 29.6 Å². The van der Waals surface area contributed by atoms with Crippen LogP contribution in [0.2, 0.25) is 0 Å². The highest BCUT2D eigenvalue weighted by molar-refractivity contribution is 7.10. The SMILES string of the molecule is CC(c1cccs1)N(C)CCCC(=O)O. The molecule has 1 aromatic heterocycles. The van der Waals surface area contributed by atoms with E-state index in [4.69, 9.17) is 5.11 Å². The molecule has 1 unspecified atom stereocenters. The summed E-state index contributed by atoms with van der Waals surface area (Å²) in [6.45, 7) is 2.97. The largest absolute Gasteiger partial charge is 0.481 e. The molecule has 0 bridgehead atoms. The van der Waals surface area contributed by atoms with Gasteiger partial charge in [0.15, 0.2) is 0 Å². The van der Waals surface area contributed by atoms with E-state index in [0.29, 0.717) is 12.5 Å². The summed E-state index contributed by atoms with van der Waals surface area (Å²) in [7, 11) is 2.03. The van der Waals surface area contributed by atoms with E-state index >= 15 is 0 Å². The molecule has 1 aromatic rings. The molecule has 1 heterocycles. The fourth-order valence-electron chi connectivity index (χ4n) is 1.42. The van der Waals surface area contributed by atoms with Gasteiger partial charge in [-0.3, -0.25) is 9.69 Å². The van der Waals surface area contributed by atoms with Crippen molar-refractivity contribution in [1.82, 2.24) is 4.90 Å². The first-order chi connectivity index (χ1) is 7.11. The molecule has 84 valence electrons. The van der Waals surface area contributed by atoms with Crippen molar-refractivity contribution in [3.05, 3.63) is 22.4 Å². The van der Waals surface area contributed by atoms with Crippen molar-refractivity contribution in [3.8, 4) is 0 Å². The number of hydrogen-bond acceptors (Lipinski definition) is 3. The van der Waals surface area contributed by atoms with Gasteiger partial charge in [0.2, 0.25) is 0 Å². The van der Waals surface area contributed by atoms with Gasteiger partial charge in [0, 0.05) is 17.3 Å². The summed E-state index contributed by atoms with van der Waals surface area (Å²) in [6.07, 6.45) is 0.961. The van der Waals surface area contributed by atoms with Crippen molar-refractivity contribution < 1.29 is 9.90 Å². The third kappa shape index (κ3) is 4.01. The summed E-state index contributed by atoms with van der Waals surface area (Å²) in [5.41, 5.74) is 0. The quantitative estimate of drug-likeness (QED) is 0.812. The minimum atomic E-state index is -0.716. The molecular formula is C11H17NO2S. The molecule has 0 amide bonds. The molecule has 0 spiro atoms. The van der Waals surface area contributed by atoms with Crippen molar-refractivity contribution in [3.63, 3.8) is 0 Å². The molecule has 0 aliphatic carbocycles. The Bertz CT molecular complexity index is 298. The zero-order chi connectivity index (χ0) is 11.3. The molecule has 3 nitrogen and oxygen atoms in total.